The van der Waals surface area contributed by atoms with Crippen LogP contribution in [-0.4, -0.2) is 34.2 Å². The number of likely N-dealkylation sites (tertiary alicyclic amines) is 1. The van der Waals surface area contributed by atoms with Crippen LogP contribution < -0.4 is 4.74 Å². The minimum Gasteiger partial charge on any atom is -0.493 e. The average molecular weight is 396 g/mol. The molecule has 2 aromatic carbocycles. The monoisotopic (exact) mass is 395 g/mol. The topological polar surface area (TPSA) is 58.2 Å². The summed E-state index contributed by atoms with van der Waals surface area (Å²) in [6, 6.07) is 17.3. The van der Waals surface area contributed by atoms with Gasteiger partial charge in [0.15, 0.2) is 0 Å². The van der Waals surface area contributed by atoms with Crippen LogP contribution in [0, 0.1) is 0 Å². The summed E-state index contributed by atoms with van der Waals surface area (Å²) in [6.45, 7) is 1.12. The van der Waals surface area contributed by atoms with Crippen LogP contribution in [0.2, 0.25) is 5.02 Å². The molecule has 4 rings (SSSR count). The van der Waals surface area contributed by atoms with Crippen molar-refractivity contribution in [2.45, 2.75) is 25.3 Å². The first-order chi connectivity index (χ1) is 13.7. The van der Waals surface area contributed by atoms with Gasteiger partial charge in [0.05, 0.1) is 31.0 Å². The average Bonchev–Trinajstić information content (AvgIpc) is 3.38. The van der Waals surface area contributed by atoms with Crippen molar-refractivity contribution in [3.8, 4) is 16.9 Å². The number of ether oxygens (including phenoxy) is 1. The fourth-order valence-corrected chi connectivity index (χ4v) is 3.91. The lowest BCUT2D eigenvalue weighted by molar-refractivity contribution is -0.132. The van der Waals surface area contributed by atoms with E-state index in [1.165, 1.54) is 0 Å². The number of benzene rings is 2. The molecule has 1 aliphatic heterocycles. The highest BCUT2D eigenvalue weighted by Gasteiger charge is 2.32. The van der Waals surface area contributed by atoms with Gasteiger partial charge in [-0.15, -0.1) is 0 Å². The molecule has 0 radical (unpaired) electrons. The van der Waals surface area contributed by atoms with E-state index in [1.807, 2.05) is 59.5 Å². The Hall–Kier alpha value is -2.79. The van der Waals surface area contributed by atoms with E-state index in [2.05, 4.69) is 10.2 Å². The summed E-state index contributed by atoms with van der Waals surface area (Å²) in [4.78, 5) is 14.8. The molecule has 1 aliphatic rings. The second-order valence-electron chi connectivity index (χ2n) is 6.86. The van der Waals surface area contributed by atoms with Crippen LogP contribution in [0.3, 0.4) is 0 Å². The van der Waals surface area contributed by atoms with Gasteiger partial charge >= 0.3 is 0 Å². The Bertz CT molecular complexity index is 942. The highest BCUT2D eigenvalue weighted by molar-refractivity contribution is 6.30. The molecule has 1 fully saturated rings. The first-order valence-electron chi connectivity index (χ1n) is 9.49. The van der Waals surface area contributed by atoms with E-state index in [0.717, 1.165) is 42.0 Å². The van der Waals surface area contributed by atoms with Crippen molar-refractivity contribution in [2.24, 2.45) is 0 Å². The van der Waals surface area contributed by atoms with Crippen molar-refractivity contribution in [3.63, 3.8) is 0 Å². The molecule has 144 valence electrons. The highest BCUT2D eigenvalue weighted by Crippen LogP contribution is 2.37. The zero-order valence-electron chi connectivity index (χ0n) is 15.5. The normalized spacial score (nSPS) is 16.3. The molecule has 0 saturated carbocycles. The van der Waals surface area contributed by atoms with Gasteiger partial charge in [-0.3, -0.25) is 9.89 Å². The Labute approximate surface area is 169 Å². The van der Waals surface area contributed by atoms with E-state index in [4.69, 9.17) is 16.3 Å². The molecule has 1 amide bonds. The van der Waals surface area contributed by atoms with Crippen molar-refractivity contribution < 1.29 is 9.53 Å². The lowest BCUT2D eigenvalue weighted by Crippen LogP contribution is -2.32. The number of nitrogens with zero attached hydrogens (tertiary/aromatic N) is 2. The van der Waals surface area contributed by atoms with E-state index < -0.39 is 0 Å². The van der Waals surface area contributed by atoms with Crippen molar-refractivity contribution in [1.29, 1.82) is 0 Å². The number of nitrogens with one attached hydrogen (secondary N) is 1. The maximum atomic E-state index is 12.8. The number of amides is 1. The minimum atomic E-state index is 0.000655. The molecule has 28 heavy (non-hydrogen) atoms. The van der Waals surface area contributed by atoms with Crippen molar-refractivity contribution in [2.75, 3.05) is 13.2 Å². The molecule has 1 saturated heterocycles. The summed E-state index contributed by atoms with van der Waals surface area (Å²) in [5.74, 6) is 0.884. The maximum Gasteiger partial charge on any atom is 0.226 e. The predicted molar refractivity (Wildman–Crippen MR) is 109 cm³/mol. The van der Waals surface area contributed by atoms with Crippen LogP contribution in [0.25, 0.3) is 11.1 Å². The van der Waals surface area contributed by atoms with Gasteiger partial charge in [-0.1, -0.05) is 41.9 Å². The Morgan fingerprint density at radius 3 is 2.89 bits per heavy atom. The van der Waals surface area contributed by atoms with Crippen LogP contribution in [0.1, 0.15) is 31.0 Å². The standard InChI is InChI=1S/C22H22ClN3O2/c23-17-7-4-6-16(14-17)19-15-24-25-22(19)20-10-5-12-26(20)21(27)11-13-28-18-8-2-1-3-9-18/h1-4,6-9,14-15,20H,5,10-13H2,(H,24,25)/t20-/m0/s1. The van der Waals surface area contributed by atoms with E-state index in [0.29, 0.717) is 18.1 Å². The number of aromatic amines is 1. The Morgan fingerprint density at radius 1 is 1.21 bits per heavy atom. The van der Waals surface area contributed by atoms with Crippen LogP contribution in [0.15, 0.2) is 60.8 Å². The van der Waals surface area contributed by atoms with E-state index in [1.54, 1.807) is 6.20 Å². The van der Waals surface area contributed by atoms with Crippen molar-refractivity contribution in [1.82, 2.24) is 15.1 Å². The summed E-state index contributed by atoms with van der Waals surface area (Å²) in [6.07, 6.45) is 4.05. The van der Waals surface area contributed by atoms with Crippen LogP contribution >= 0.6 is 11.6 Å². The molecular weight excluding hydrogens is 374 g/mol. The smallest absolute Gasteiger partial charge is 0.226 e. The molecule has 1 N–H and O–H groups in total. The van der Waals surface area contributed by atoms with Crippen molar-refractivity contribution >= 4 is 17.5 Å². The van der Waals surface area contributed by atoms with Crippen LogP contribution in [0.4, 0.5) is 0 Å². The molecule has 1 aromatic heterocycles. The van der Waals surface area contributed by atoms with Gasteiger partial charge in [-0.05, 0) is 42.7 Å². The van der Waals surface area contributed by atoms with Gasteiger partial charge in [0.1, 0.15) is 5.75 Å². The second kappa shape index (κ2) is 8.48. The third kappa shape index (κ3) is 4.04. The molecule has 1 atom stereocenters. The summed E-state index contributed by atoms with van der Waals surface area (Å²) in [7, 11) is 0. The lowest BCUT2D eigenvalue weighted by atomic mass is 10.0. The van der Waals surface area contributed by atoms with Gasteiger partial charge in [0.2, 0.25) is 5.91 Å². The Morgan fingerprint density at radius 2 is 2.07 bits per heavy atom. The molecule has 0 unspecified atom stereocenters. The molecule has 0 bridgehead atoms. The van der Waals surface area contributed by atoms with Crippen LogP contribution in [-0.2, 0) is 4.79 Å². The SMILES string of the molecule is O=C(CCOc1ccccc1)N1CCC[C@H]1c1[nH]ncc1-c1cccc(Cl)c1. The molecule has 6 heteroatoms. The van der Waals surface area contributed by atoms with Gasteiger partial charge in [-0.2, -0.15) is 5.10 Å². The molecular formula is C22H22ClN3O2. The minimum absolute atomic E-state index is 0.000655. The lowest BCUT2D eigenvalue weighted by Gasteiger charge is -2.25. The number of rotatable bonds is 6. The van der Waals surface area contributed by atoms with Gasteiger partial charge < -0.3 is 9.64 Å². The van der Waals surface area contributed by atoms with Gasteiger partial charge in [0.25, 0.3) is 0 Å². The number of carbonyl (C=O) groups is 1. The van der Waals surface area contributed by atoms with E-state index >= 15 is 0 Å². The van der Waals surface area contributed by atoms with E-state index in [9.17, 15) is 4.79 Å². The quantitative estimate of drug-likeness (QED) is 0.648. The third-order valence-electron chi connectivity index (χ3n) is 5.04. The number of aromatic nitrogens is 2. The van der Waals surface area contributed by atoms with Gasteiger partial charge in [-0.25, -0.2) is 0 Å². The summed E-state index contributed by atoms with van der Waals surface area (Å²) in [5, 5.41) is 8.03. The molecule has 0 aliphatic carbocycles. The zero-order chi connectivity index (χ0) is 19.3. The molecule has 3 aromatic rings. The third-order valence-corrected chi connectivity index (χ3v) is 5.27. The maximum absolute atomic E-state index is 12.8. The highest BCUT2D eigenvalue weighted by atomic mass is 35.5. The Balaban J connectivity index is 1.45. The molecule has 2 heterocycles. The first-order valence-corrected chi connectivity index (χ1v) is 9.86. The summed E-state index contributed by atoms with van der Waals surface area (Å²) >= 11 is 6.15. The number of para-hydroxylation sites is 1. The summed E-state index contributed by atoms with van der Waals surface area (Å²) < 4.78 is 5.69. The number of hydrogen-bond acceptors (Lipinski definition) is 3. The Kier molecular flexibility index (Phi) is 5.63. The van der Waals surface area contributed by atoms with Crippen LogP contribution in [0.5, 0.6) is 5.75 Å². The number of hydrogen-bond donors (Lipinski definition) is 1. The number of halogens is 1. The van der Waals surface area contributed by atoms with Gasteiger partial charge in [0, 0.05) is 17.1 Å². The molecule has 0 spiro atoms. The van der Waals surface area contributed by atoms with Crippen molar-refractivity contribution in [3.05, 3.63) is 71.5 Å². The second-order valence-corrected chi connectivity index (χ2v) is 7.30. The molecule has 5 nitrogen and oxygen atoms in total. The predicted octanol–water partition coefficient (Wildman–Crippen LogP) is 4.86. The first kappa shape index (κ1) is 18.6. The van der Waals surface area contributed by atoms with E-state index in [-0.39, 0.29) is 11.9 Å². The fraction of sp³-hybridized carbons (Fsp3) is 0.273. The summed E-state index contributed by atoms with van der Waals surface area (Å²) in [5.41, 5.74) is 2.97. The largest absolute Gasteiger partial charge is 0.493 e. The number of H-pyrrole nitrogens is 1. The fourth-order valence-electron chi connectivity index (χ4n) is 3.72. The zero-order valence-corrected chi connectivity index (χ0v) is 16.2. The number of carbonyl (C=O) groups excluding carboxylic acids is 1.